The number of rotatable bonds is 7. The highest BCUT2D eigenvalue weighted by atomic mass is 16.5. The Balaban J connectivity index is 1.72. The summed E-state index contributed by atoms with van der Waals surface area (Å²) in [4.78, 5) is 11.3. The van der Waals surface area contributed by atoms with Crippen LogP contribution in [0.3, 0.4) is 0 Å². The molecule has 21 heavy (non-hydrogen) atoms. The van der Waals surface area contributed by atoms with Crippen molar-refractivity contribution in [3.05, 3.63) is 35.4 Å². The van der Waals surface area contributed by atoms with Gasteiger partial charge in [-0.1, -0.05) is 24.3 Å². The Kier molecular flexibility index (Phi) is 6.70. The number of carbonyl (C=O) groups excluding carboxylic acids is 1. The van der Waals surface area contributed by atoms with Gasteiger partial charge in [-0.05, 0) is 37.3 Å². The Morgan fingerprint density at radius 1 is 1.24 bits per heavy atom. The standard InChI is InChI=1S/C17H25NO3/c1-2-21-17(19)8-7-14-3-5-15(6-4-14)13-18-16-9-11-20-12-10-16/h3-6,16,18H,2,7-13H2,1H3. The van der Waals surface area contributed by atoms with Gasteiger partial charge in [0.05, 0.1) is 6.61 Å². The molecule has 0 spiro atoms. The van der Waals surface area contributed by atoms with Crippen molar-refractivity contribution in [2.24, 2.45) is 0 Å². The van der Waals surface area contributed by atoms with Crippen molar-refractivity contribution in [1.29, 1.82) is 0 Å². The molecule has 0 bridgehead atoms. The fraction of sp³-hybridized carbons (Fsp3) is 0.588. The van der Waals surface area contributed by atoms with Crippen molar-refractivity contribution in [3.8, 4) is 0 Å². The number of benzene rings is 1. The van der Waals surface area contributed by atoms with E-state index in [0.29, 0.717) is 19.1 Å². The molecule has 1 aromatic carbocycles. The second kappa shape index (κ2) is 8.80. The maximum Gasteiger partial charge on any atom is 0.306 e. The number of ether oxygens (including phenoxy) is 2. The van der Waals surface area contributed by atoms with E-state index in [0.717, 1.165) is 39.0 Å². The van der Waals surface area contributed by atoms with Gasteiger partial charge < -0.3 is 14.8 Å². The molecule has 0 atom stereocenters. The Labute approximate surface area is 126 Å². The highest BCUT2D eigenvalue weighted by molar-refractivity contribution is 5.69. The number of hydrogen-bond acceptors (Lipinski definition) is 4. The third-order valence-electron chi connectivity index (χ3n) is 3.76. The second-order valence-corrected chi connectivity index (χ2v) is 5.39. The zero-order valence-electron chi connectivity index (χ0n) is 12.8. The molecule has 4 heteroatoms. The van der Waals surface area contributed by atoms with Gasteiger partial charge in [-0.15, -0.1) is 0 Å². The van der Waals surface area contributed by atoms with Crippen molar-refractivity contribution in [1.82, 2.24) is 5.32 Å². The van der Waals surface area contributed by atoms with E-state index in [1.807, 2.05) is 6.92 Å². The highest BCUT2D eigenvalue weighted by Crippen LogP contribution is 2.10. The van der Waals surface area contributed by atoms with Gasteiger partial charge in [0.2, 0.25) is 0 Å². The molecule has 0 amide bonds. The predicted octanol–water partition coefficient (Wildman–Crippen LogP) is 2.45. The summed E-state index contributed by atoms with van der Waals surface area (Å²) in [6.07, 6.45) is 3.38. The monoisotopic (exact) mass is 291 g/mol. The van der Waals surface area contributed by atoms with Gasteiger partial charge in [0.25, 0.3) is 0 Å². The molecule has 0 radical (unpaired) electrons. The fourth-order valence-corrected chi connectivity index (χ4v) is 2.47. The maximum absolute atomic E-state index is 11.3. The number of hydrogen-bond donors (Lipinski definition) is 1. The van der Waals surface area contributed by atoms with Crippen LogP contribution >= 0.6 is 0 Å². The van der Waals surface area contributed by atoms with Gasteiger partial charge in [-0.2, -0.15) is 0 Å². The molecule has 0 aliphatic carbocycles. The molecule has 116 valence electrons. The van der Waals surface area contributed by atoms with Crippen LogP contribution in [0.2, 0.25) is 0 Å². The minimum Gasteiger partial charge on any atom is -0.466 e. The summed E-state index contributed by atoms with van der Waals surface area (Å²) in [5, 5.41) is 3.57. The fourth-order valence-electron chi connectivity index (χ4n) is 2.47. The van der Waals surface area contributed by atoms with E-state index < -0.39 is 0 Å². The minimum atomic E-state index is -0.122. The molecule has 1 N–H and O–H groups in total. The first-order valence-corrected chi connectivity index (χ1v) is 7.82. The molecule has 0 unspecified atom stereocenters. The first-order chi connectivity index (χ1) is 10.3. The van der Waals surface area contributed by atoms with Crippen LogP contribution in [-0.2, 0) is 27.2 Å². The molecule has 1 aromatic rings. The van der Waals surface area contributed by atoms with E-state index >= 15 is 0 Å². The lowest BCUT2D eigenvalue weighted by Gasteiger charge is -2.23. The summed E-state index contributed by atoms with van der Waals surface area (Å²) >= 11 is 0. The summed E-state index contributed by atoms with van der Waals surface area (Å²) < 4.78 is 10.3. The average Bonchev–Trinajstić information content (AvgIpc) is 2.53. The van der Waals surface area contributed by atoms with Crippen molar-refractivity contribution in [2.45, 2.75) is 45.2 Å². The number of carbonyl (C=O) groups is 1. The SMILES string of the molecule is CCOC(=O)CCc1ccc(CNC2CCOCC2)cc1. The highest BCUT2D eigenvalue weighted by Gasteiger charge is 2.12. The second-order valence-electron chi connectivity index (χ2n) is 5.39. The van der Waals surface area contributed by atoms with Crippen molar-refractivity contribution >= 4 is 5.97 Å². The lowest BCUT2D eigenvalue weighted by atomic mass is 10.1. The molecule has 1 aliphatic heterocycles. The third kappa shape index (κ3) is 5.86. The van der Waals surface area contributed by atoms with Crippen LogP contribution in [0.15, 0.2) is 24.3 Å². The number of aryl methyl sites for hydroxylation is 1. The van der Waals surface area contributed by atoms with Gasteiger partial charge in [0.15, 0.2) is 0 Å². The van der Waals surface area contributed by atoms with Crippen LogP contribution in [0, 0.1) is 0 Å². The van der Waals surface area contributed by atoms with E-state index in [1.165, 1.54) is 11.1 Å². The molecule has 1 fully saturated rings. The zero-order valence-corrected chi connectivity index (χ0v) is 12.8. The quantitative estimate of drug-likeness (QED) is 0.784. The number of esters is 1. The van der Waals surface area contributed by atoms with E-state index in [-0.39, 0.29) is 5.97 Å². The first kappa shape index (κ1) is 16.0. The lowest BCUT2D eigenvalue weighted by Crippen LogP contribution is -2.34. The van der Waals surface area contributed by atoms with Crippen LogP contribution in [0.1, 0.15) is 37.3 Å². The number of nitrogens with one attached hydrogen (secondary N) is 1. The topological polar surface area (TPSA) is 47.6 Å². The van der Waals surface area contributed by atoms with Gasteiger partial charge in [0, 0.05) is 32.2 Å². The van der Waals surface area contributed by atoms with Gasteiger partial charge in [-0.3, -0.25) is 4.79 Å². The van der Waals surface area contributed by atoms with Crippen LogP contribution in [0.5, 0.6) is 0 Å². The van der Waals surface area contributed by atoms with Crippen LogP contribution in [0.4, 0.5) is 0 Å². The minimum absolute atomic E-state index is 0.122. The average molecular weight is 291 g/mol. The Morgan fingerprint density at radius 3 is 2.57 bits per heavy atom. The molecule has 0 aromatic heterocycles. The van der Waals surface area contributed by atoms with Crippen LogP contribution in [-0.4, -0.2) is 31.8 Å². The Bertz CT molecular complexity index is 424. The summed E-state index contributed by atoms with van der Waals surface area (Å²) in [5.74, 6) is -0.122. The zero-order chi connectivity index (χ0) is 14.9. The van der Waals surface area contributed by atoms with Crippen molar-refractivity contribution in [2.75, 3.05) is 19.8 Å². The molecule has 4 nitrogen and oxygen atoms in total. The molecule has 1 aliphatic rings. The smallest absolute Gasteiger partial charge is 0.306 e. The van der Waals surface area contributed by atoms with E-state index in [4.69, 9.17) is 9.47 Å². The molecule has 1 heterocycles. The molecule has 1 saturated heterocycles. The summed E-state index contributed by atoms with van der Waals surface area (Å²) in [7, 11) is 0. The summed E-state index contributed by atoms with van der Waals surface area (Å²) in [6, 6.07) is 9.03. The largest absolute Gasteiger partial charge is 0.466 e. The van der Waals surface area contributed by atoms with Gasteiger partial charge in [-0.25, -0.2) is 0 Å². The molecular formula is C17H25NO3. The molecule has 2 rings (SSSR count). The van der Waals surface area contributed by atoms with Crippen LogP contribution < -0.4 is 5.32 Å². The van der Waals surface area contributed by atoms with E-state index in [2.05, 4.69) is 29.6 Å². The molecule has 0 saturated carbocycles. The maximum atomic E-state index is 11.3. The summed E-state index contributed by atoms with van der Waals surface area (Å²) in [5.41, 5.74) is 2.46. The van der Waals surface area contributed by atoms with Gasteiger partial charge >= 0.3 is 5.97 Å². The first-order valence-electron chi connectivity index (χ1n) is 7.82. The lowest BCUT2D eigenvalue weighted by molar-refractivity contribution is -0.143. The van der Waals surface area contributed by atoms with Crippen molar-refractivity contribution < 1.29 is 14.3 Å². The molecular weight excluding hydrogens is 266 g/mol. The predicted molar refractivity (Wildman–Crippen MR) is 82.1 cm³/mol. The van der Waals surface area contributed by atoms with E-state index in [1.54, 1.807) is 0 Å². The third-order valence-corrected chi connectivity index (χ3v) is 3.76. The van der Waals surface area contributed by atoms with Gasteiger partial charge in [0.1, 0.15) is 0 Å². The Hall–Kier alpha value is -1.39. The summed E-state index contributed by atoms with van der Waals surface area (Å²) in [6.45, 7) is 4.91. The van der Waals surface area contributed by atoms with Crippen LogP contribution in [0.25, 0.3) is 0 Å². The normalized spacial score (nSPS) is 15.9. The Morgan fingerprint density at radius 2 is 1.90 bits per heavy atom. The van der Waals surface area contributed by atoms with Crippen molar-refractivity contribution in [3.63, 3.8) is 0 Å². The van der Waals surface area contributed by atoms with E-state index in [9.17, 15) is 4.79 Å².